The molecule has 3 heterocycles. The molecule has 1 fully saturated rings. The Labute approximate surface area is 145 Å². The van der Waals surface area contributed by atoms with Crippen LogP contribution in [0.2, 0.25) is 0 Å². The lowest BCUT2D eigenvalue weighted by Crippen LogP contribution is -2.49. The number of aromatic nitrogens is 3. The number of carbonyl (C=O) groups is 1. The molecule has 24 heavy (non-hydrogen) atoms. The quantitative estimate of drug-likeness (QED) is 0.737. The van der Waals surface area contributed by atoms with Gasteiger partial charge in [0.05, 0.1) is 11.3 Å². The molecule has 0 saturated carbocycles. The van der Waals surface area contributed by atoms with Gasteiger partial charge >= 0.3 is 0 Å². The molecule has 1 saturated heterocycles. The van der Waals surface area contributed by atoms with Crippen LogP contribution in [0.4, 0.5) is 0 Å². The van der Waals surface area contributed by atoms with E-state index in [2.05, 4.69) is 27.0 Å². The Morgan fingerprint density at radius 1 is 1.29 bits per heavy atom. The van der Waals surface area contributed by atoms with E-state index in [-0.39, 0.29) is 5.91 Å². The minimum atomic E-state index is 0.122. The summed E-state index contributed by atoms with van der Waals surface area (Å²) in [5, 5.41) is 8.39. The fourth-order valence-corrected chi connectivity index (χ4v) is 3.29. The highest BCUT2D eigenvalue weighted by molar-refractivity contribution is 7.99. The largest absolute Gasteiger partial charge is 0.411 e. The number of rotatable bonds is 6. The van der Waals surface area contributed by atoms with Gasteiger partial charge in [0.25, 0.3) is 5.22 Å². The predicted octanol–water partition coefficient (Wildman–Crippen LogP) is 1.78. The monoisotopic (exact) mass is 347 g/mol. The van der Waals surface area contributed by atoms with Crippen molar-refractivity contribution < 1.29 is 9.21 Å². The molecule has 128 valence electrons. The molecule has 0 aliphatic carbocycles. The number of nitrogens with zero attached hydrogens (tertiary/aromatic N) is 5. The Morgan fingerprint density at radius 2 is 2.12 bits per heavy atom. The van der Waals surface area contributed by atoms with Crippen molar-refractivity contribution in [2.24, 2.45) is 0 Å². The summed E-state index contributed by atoms with van der Waals surface area (Å²) in [6.07, 6.45) is 4.51. The molecule has 0 N–H and O–H groups in total. The third-order valence-corrected chi connectivity index (χ3v) is 4.70. The number of amides is 1. The molecule has 0 spiro atoms. The zero-order valence-electron chi connectivity index (χ0n) is 13.7. The summed E-state index contributed by atoms with van der Waals surface area (Å²) in [7, 11) is 0. The summed E-state index contributed by atoms with van der Waals surface area (Å²) in [6.45, 7) is 6.79. The van der Waals surface area contributed by atoms with Gasteiger partial charge in [-0.1, -0.05) is 18.7 Å². The van der Waals surface area contributed by atoms with Crippen molar-refractivity contribution in [3.8, 4) is 11.5 Å². The molecule has 7 nitrogen and oxygen atoms in total. The number of pyridine rings is 1. The molecule has 8 heteroatoms. The molecule has 0 unspecified atom stereocenters. The molecule has 1 aliphatic rings. The van der Waals surface area contributed by atoms with Gasteiger partial charge in [0.1, 0.15) is 0 Å². The summed E-state index contributed by atoms with van der Waals surface area (Å²) in [4.78, 5) is 20.6. The Balaban J connectivity index is 1.48. The van der Waals surface area contributed by atoms with Crippen LogP contribution >= 0.6 is 11.8 Å². The van der Waals surface area contributed by atoms with E-state index < -0.39 is 0 Å². The van der Waals surface area contributed by atoms with E-state index in [9.17, 15) is 4.79 Å². The van der Waals surface area contributed by atoms with Crippen LogP contribution in [-0.2, 0) is 4.79 Å². The predicted molar refractivity (Wildman–Crippen MR) is 91.6 cm³/mol. The average molecular weight is 347 g/mol. The summed E-state index contributed by atoms with van der Waals surface area (Å²) >= 11 is 1.28. The number of piperazine rings is 1. The van der Waals surface area contributed by atoms with Gasteiger partial charge in [-0.15, -0.1) is 10.2 Å². The average Bonchev–Trinajstić information content (AvgIpc) is 3.10. The van der Waals surface area contributed by atoms with Crippen LogP contribution in [0.25, 0.3) is 11.5 Å². The maximum absolute atomic E-state index is 12.3. The van der Waals surface area contributed by atoms with Gasteiger partial charge < -0.3 is 9.32 Å². The maximum atomic E-state index is 12.3. The lowest BCUT2D eigenvalue weighted by atomic mass is 10.3. The van der Waals surface area contributed by atoms with Gasteiger partial charge in [-0.3, -0.25) is 14.7 Å². The lowest BCUT2D eigenvalue weighted by molar-refractivity contribution is -0.130. The van der Waals surface area contributed by atoms with Crippen LogP contribution in [0.15, 0.2) is 34.2 Å². The van der Waals surface area contributed by atoms with Crippen molar-refractivity contribution in [2.45, 2.75) is 18.6 Å². The van der Waals surface area contributed by atoms with E-state index in [1.807, 2.05) is 17.0 Å². The molecule has 2 aromatic rings. The molecular weight excluding hydrogens is 326 g/mol. The van der Waals surface area contributed by atoms with E-state index >= 15 is 0 Å². The van der Waals surface area contributed by atoms with Gasteiger partial charge in [0.15, 0.2) is 0 Å². The first-order valence-electron chi connectivity index (χ1n) is 8.13. The van der Waals surface area contributed by atoms with Crippen LogP contribution in [-0.4, -0.2) is 69.4 Å². The van der Waals surface area contributed by atoms with Crippen LogP contribution in [0, 0.1) is 0 Å². The number of carbonyl (C=O) groups excluding carboxylic acids is 1. The second kappa shape index (κ2) is 8.25. The molecule has 0 aromatic carbocycles. The van der Waals surface area contributed by atoms with Crippen molar-refractivity contribution in [2.75, 3.05) is 38.5 Å². The zero-order valence-corrected chi connectivity index (χ0v) is 14.5. The summed E-state index contributed by atoms with van der Waals surface area (Å²) in [5.74, 6) is 0.867. The van der Waals surface area contributed by atoms with E-state index in [1.165, 1.54) is 11.8 Å². The molecule has 0 radical (unpaired) electrons. The Bertz CT molecular complexity index is 655. The van der Waals surface area contributed by atoms with Gasteiger partial charge in [0, 0.05) is 38.6 Å². The third kappa shape index (κ3) is 4.33. The first-order chi connectivity index (χ1) is 11.8. The van der Waals surface area contributed by atoms with Crippen molar-refractivity contribution >= 4 is 17.7 Å². The molecular formula is C16H21N5O2S. The van der Waals surface area contributed by atoms with Gasteiger partial charge in [0.2, 0.25) is 11.8 Å². The topological polar surface area (TPSA) is 75.4 Å². The standard InChI is InChI=1S/C16H21N5O2S/c1-2-6-20-7-9-21(10-8-20)14(22)12-24-16-19-18-15(23-16)13-4-3-5-17-11-13/h3-5,11H,2,6-10,12H2,1H3. The first-order valence-corrected chi connectivity index (χ1v) is 9.11. The number of hydrogen-bond donors (Lipinski definition) is 0. The Hall–Kier alpha value is -1.93. The van der Waals surface area contributed by atoms with E-state index in [4.69, 9.17) is 4.42 Å². The van der Waals surface area contributed by atoms with Crippen LogP contribution in [0.3, 0.4) is 0 Å². The smallest absolute Gasteiger partial charge is 0.277 e. The SMILES string of the molecule is CCCN1CCN(C(=O)CSc2nnc(-c3cccnc3)o2)CC1. The van der Waals surface area contributed by atoms with Crippen molar-refractivity contribution in [1.29, 1.82) is 0 Å². The van der Waals surface area contributed by atoms with Crippen LogP contribution in [0.5, 0.6) is 0 Å². The highest BCUT2D eigenvalue weighted by Gasteiger charge is 2.21. The fraction of sp³-hybridized carbons (Fsp3) is 0.500. The van der Waals surface area contributed by atoms with Gasteiger partial charge in [-0.25, -0.2) is 0 Å². The van der Waals surface area contributed by atoms with Crippen molar-refractivity contribution in [3.63, 3.8) is 0 Å². The van der Waals surface area contributed by atoms with Gasteiger partial charge in [-0.05, 0) is 25.1 Å². The first kappa shape index (κ1) is 16.9. The van der Waals surface area contributed by atoms with Gasteiger partial charge in [-0.2, -0.15) is 0 Å². The molecule has 1 amide bonds. The summed E-state index contributed by atoms with van der Waals surface area (Å²) in [5.41, 5.74) is 0.773. The van der Waals surface area contributed by atoms with Crippen LogP contribution < -0.4 is 0 Å². The minimum absolute atomic E-state index is 0.122. The number of thioether (sulfide) groups is 1. The second-order valence-electron chi connectivity index (χ2n) is 5.63. The van der Waals surface area contributed by atoms with Crippen molar-refractivity contribution in [3.05, 3.63) is 24.5 Å². The van der Waals surface area contributed by atoms with E-state index in [1.54, 1.807) is 12.4 Å². The fourth-order valence-electron chi connectivity index (χ4n) is 2.63. The molecule has 0 atom stereocenters. The molecule has 0 bridgehead atoms. The highest BCUT2D eigenvalue weighted by Crippen LogP contribution is 2.22. The molecule has 3 rings (SSSR count). The molecule has 1 aliphatic heterocycles. The minimum Gasteiger partial charge on any atom is -0.411 e. The lowest BCUT2D eigenvalue weighted by Gasteiger charge is -2.34. The van der Waals surface area contributed by atoms with Crippen LogP contribution in [0.1, 0.15) is 13.3 Å². The normalized spacial score (nSPS) is 15.6. The number of hydrogen-bond acceptors (Lipinski definition) is 7. The molecule has 2 aromatic heterocycles. The third-order valence-electron chi connectivity index (χ3n) is 3.90. The second-order valence-corrected chi connectivity index (χ2v) is 6.55. The maximum Gasteiger partial charge on any atom is 0.277 e. The van der Waals surface area contributed by atoms with E-state index in [0.29, 0.717) is 16.9 Å². The zero-order chi connectivity index (χ0) is 16.8. The van der Waals surface area contributed by atoms with E-state index in [0.717, 1.165) is 44.7 Å². The highest BCUT2D eigenvalue weighted by atomic mass is 32.2. The summed E-state index contributed by atoms with van der Waals surface area (Å²) < 4.78 is 5.58. The Morgan fingerprint density at radius 3 is 2.83 bits per heavy atom. The summed E-state index contributed by atoms with van der Waals surface area (Å²) in [6, 6.07) is 3.67. The van der Waals surface area contributed by atoms with Crippen molar-refractivity contribution in [1.82, 2.24) is 25.0 Å². The Kier molecular flexibility index (Phi) is 5.81.